The van der Waals surface area contributed by atoms with Gasteiger partial charge in [0.1, 0.15) is 22.7 Å². The average Bonchev–Trinajstić information content (AvgIpc) is 2.63. The van der Waals surface area contributed by atoms with Crippen LogP contribution >= 0.6 is 12.4 Å². The van der Waals surface area contributed by atoms with Crippen LogP contribution in [-0.4, -0.2) is 30.2 Å². The van der Waals surface area contributed by atoms with Crippen LogP contribution in [0.1, 0.15) is 74.8 Å². The first-order valence-corrected chi connectivity index (χ1v) is 10.7. The van der Waals surface area contributed by atoms with E-state index in [-0.39, 0.29) is 30.0 Å². The molecule has 2 unspecified atom stereocenters. The van der Waals surface area contributed by atoms with Crippen molar-refractivity contribution in [3.63, 3.8) is 0 Å². The Morgan fingerprint density at radius 3 is 2.06 bits per heavy atom. The molecule has 0 N–H and O–H groups in total. The summed E-state index contributed by atoms with van der Waals surface area (Å²) in [6, 6.07) is 9.86. The molecule has 2 heterocycles. The van der Waals surface area contributed by atoms with E-state index in [0.717, 1.165) is 29.4 Å². The highest BCUT2D eigenvalue weighted by Gasteiger charge is 2.40. The summed E-state index contributed by atoms with van der Waals surface area (Å²) in [6.07, 6.45) is -2.95. The van der Waals surface area contributed by atoms with E-state index in [1.54, 1.807) is 6.07 Å². The molecule has 0 aromatic heterocycles. The van der Waals surface area contributed by atoms with Crippen molar-refractivity contribution in [2.45, 2.75) is 69.9 Å². The van der Waals surface area contributed by atoms with Crippen LogP contribution in [0.3, 0.4) is 0 Å². The number of hydrogen-bond donors (Lipinski definition) is 0. The van der Waals surface area contributed by atoms with Crippen molar-refractivity contribution in [3.8, 4) is 11.5 Å². The van der Waals surface area contributed by atoms with E-state index in [0.29, 0.717) is 17.7 Å². The molecule has 0 saturated carbocycles. The van der Waals surface area contributed by atoms with E-state index in [9.17, 15) is 13.2 Å². The minimum absolute atomic E-state index is 0. The molecule has 0 saturated heterocycles. The van der Waals surface area contributed by atoms with Gasteiger partial charge in [-0.25, -0.2) is 0 Å². The Morgan fingerprint density at radius 2 is 1.47 bits per heavy atom. The van der Waals surface area contributed by atoms with Gasteiger partial charge in [-0.15, -0.1) is 12.4 Å². The van der Waals surface area contributed by atoms with Crippen LogP contribution in [0, 0.1) is 0 Å². The van der Waals surface area contributed by atoms with Crippen LogP contribution in [-0.2, 0) is 6.18 Å². The van der Waals surface area contributed by atoms with Crippen molar-refractivity contribution in [1.29, 1.82) is 0 Å². The molecule has 2 aliphatic heterocycles. The Labute approximate surface area is 194 Å². The minimum Gasteiger partial charge on any atom is -0.487 e. The van der Waals surface area contributed by atoms with Gasteiger partial charge >= 0.3 is 6.18 Å². The number of alkyl halides is 3. The van der Waals surface area contributed by atoms with Gasteiger partial charge in [0.15, 0.2) is 0 Å². The van der Waals surface area contributed by atoms with Gasteiger partial charge < -0.3 is 14.4 Å². The molecule has 32 heavy (non-hydrogen) atoms. The number of nitrogens with zero attached hydrogens (tertiary/aromatic N) is 1. The molecule has 7 heteroatoms. The lowest BCUT2D eigenvalue weighted by Gasteiger charge is -2.43. The van der Waals surface area contributed by atoms with Crippen LogP contribution in [0.25, 0.3) is 0 Å². The lowest BCUT2D eigenvalue weighted by Crippen LogP contribution is -2.40. The summed E-state index contributed by atoms with van der Waals surface area (Å²) in [7, 11) is 4.08. The first-order chi connectivity index (χ1) is 14.3. The fourth-order valence-electron chi connectivity index (χ4n) is 4.85. The highest BCUT2D eigenvalue weighted by atomic mass is 35.5. The third kappa shape index (κ3) is 4.72. The molecule has 4 rings (SSSR count). The highest BCUT2D eigenvalue weighted by molar-refractivity contribution is 5.85. The van der Waals surface area contributed by atoms with Gasteiger partial charge in [-0.05, 0) is 65.9 Å². The number of halogens is 4. The Bertz CT molecular complexity index is 1000. The molecule has 176 valence electrons. The molecular formula is C25H31ClF3NO2. The lowest BCUT2D eigenvalue weighted by molar-refractivity contribution is -0.137. The summed E-state index contributed by atoms with van der Waals surface area (Å²) in [5, 5.41) is 0. The molecule has 0 spiro atoms. The van der Waals surface area contributed by atoms with Gasteiger partial charge in [0, 0.05) is 35.6 Å². The second-order valence-corrected chi connectivity index (χ2v) is 10.2. The fourth-order valence-corrected chi connectivity index (χ4v) is 4.85. The molecular weight excluding hydrogens is 439 g/mol. The number of rotatable bonds is 2. The largest absolute Gasteiger partial charge is 0.487 e. The average molecular weight is 470 g/mol. The maximum absolute atomic E-state index is 13.4. The zero-order chi connectivity index (χ0) is 22.8. The second kappa shape index (κ2) is 8.14. The summed E-state index contributed by atoms with van der Waals surface area (Å²) in [4.78, 5) is 2.17. The zero-order valence-corrected chi connectivity index (χ0v) is 20.2. The molecule has 0 fully saturated rings. The van der Waals surface area contributed by atoms with Crippen LogP contribution in [0.2, 0.25) is 0 Å². The second-order valence-electron chi connectivity index (χ2n) is 10.2. The van der Waals surface area contributed by atoms with Gasteiger partial charge in [-0.3, -0.25) is 0 Å². The Kier molecular flexibility index (Phi) is 6.29. The summed E-state index contributed by atoms with van der Waals surface area (Å²) in [5.74, 6) is 1.28. The summed E-state index contributed by atoms with van der Waals surface area (Å²) in [5.41, 5.74) is 1.19. The maximum atomic E-state index is 13.4. The zero-order valence-electron chi connectivity index (χ0n) is 19.3. The van der Waals surface area contributed by atoms with Gasteiger partial charge in [0.2, 0.25) is 0 Å². The van der Waals surface area contributed by atoms with Gasteiger partial charge in [-0.1, -0.05) is 18.2 Å². The Balaban J connectivity index is 0.00000289. The van der Waals surface area contributed by atoms with Crippen LogP contribution in [0.15, 0.2) is 36.4 Å². The Morgan fingerprint density at radius 1 is 0.875 bits per heavy atom. The van der Waals surface area contributed by atoms with E-state index in [1.165, 1.54) is 12.1 Å². The minimum atomic E-state index is -4.37. The van der Waals surface area contributed by atoms with Crippen molar-refractivity contribution in [2.75, 3.05) is 14.1 Å². The van der Waals surface area contributed by atoms with Crippen LogP contribution in [0.4, 0.5) is 13.2 Å². The Hall–Kier alpha value is -1.92. The van der Waals surface area contributed by atoms with Crippen LogP contribution in [0.5, 0.6) is 11.5 Å². The summed E-state index contributed by atoms with van der Waals surface area (Å²) >= 11 is 0. The molecule has 0 aliphatic carbocycles. The van der Waals surface area contributed by atoms with E-state index in [4.69, 9.17) is 9.47 Å². The van der Waals surface area contributed by atoms with Gasteiger partial charge in [0.25, 0.3) is 0 Å². The van der Waals surface area contributed by atoms with Crippen molar-refractivity contribution in [2.24, 2.45) is 0 Å². The molecule has 0 amide bonds. The third-order valence-electron chi connectivity index (χ3n) is 6.27. The molecule has 3 nitrogen and oxygen atoms in total. The van der Waals surface area contributed by atoms with Crippen molar-refractivity contribution in [1.82, 2.24) is 4.90 Å². The van der Waals surface area contributed by atoms with E-state index >= 15 is 0 Å². The smallest absolute Gasteiger partial charge is 0.416 e. The first-order valence-electron chi connectivity index (χ1n) is 10.7. The molecule has 2 atom stereocenters. The standard InChI is InChI=1S/C25H30F3NO2.ClH/c1-23(2)13-19(15-8-7-9-16(10-15)25(26,27)28)17-11-18-20(29(5)6)14-24(3,4)31-22(18)12-21(17)30-23;/h7-12,19-20H,13-14H2,1-6H3;1H. The number of benzene rings is 2. The molecule has 2 aliphatic rings. The fraction of sp³-hybridized carbons (Fsp3) is 0.520. The van der Waals surface area contributed by atoms with E-state index < -0.39 is 17.3 Å². The number of fused-ring (bicyclic) bond motifs is 2. The van der Waals surface area contributed by atoms with Gasteiger partial charge in [0.05, 0.1) is 5.56 Å². The van der Waals surface area contributed by atoms with Crippen molar-refractivity contribution in [3.05, 3.63) is 58.7 Å². The maximum Gasteiger partial charge on any atom is 0.416 e. The van der Waals surface area contributed by atoms with Crippen molar-refractivity contribution >= 4 is 12.4 Å². The topological polar surface area (TPSA) is 21.7 Å². The third-order valence-corrected chi connectivity index (χ3v) is 6.27. The first kappa shape index (κ1) is 24.7. The lowest BCUT2D eigenvalue weighted by atomic mass is 9.78. The predicted octanol–water partition coefficient (Wildman–Crippen LogP) is 6.98. The molecule has 2 aromatic carbocycles. The molecule has 0 bridgehead atoms. The highest BCUT2D eigenvalue weighted by Crippen LogP contribution is 2.51. The predicted molar refractivity (Wildman–Crippen MR) is 122 cm³/mol. The summed E-state index contributed by atoms with van der Waals surface area (Å²) in [6.45, 7) is 8.09. The number of hydrogen-bond acceptors (Lipinski definition) is 3. The van der Waals surface area contributed by atoms with Crippen molar-refractivity contribution < 1.29 is 22.6 Å². The molecule has 0 radical (unpaired) electrons. The van der Waals surface area contributed by atoms with E-state index in [1.807, 2.05) is 34.0 Å². The van der Waals surface area contributed by atoms with E-state index in [2.05, 4.69) is 24.8 Å². The monoisotopic (exact) mass is 469 g/mol. The SMILES string of the molecule is CN(C)C1CC(C)(C)Oc2cc3c(cc21)C(c1cccc(C(F)(F)F)c1)CC(C)(C)O3.Cl. The van der Waals surface area contributed by atoms with Crippen LogP contribution < -0.4 is 9.47 Å². The van der Waals surface area contributed by atoms with Gasteiger partial charge in [-0.2, -0.15) is 13.2 Å². The summed E-state index contributed by atoms with van der Waals surface area (Å²) < 4.78 is 52.7. The quantitative estimate of drug-likeness (QED) is 0.473. The normalized spacial score (nSPS) is 23.3. The number of ether oxygens (including phenoxy) is 2. The molecule has 2 aromatic rings.